The van der Waals surface area contributed by atoms with Gasteiger partial charge in [-0.15, -0.1) is 0 Å². The van der Waals surface area contributed by atoms with Crippen LogP contribution in [0.4, 0.5) is 28.4 Å². The Labute approximate surface area is 403 Å². The fourth-order valence-corrected chi connectivity index (χ4v) is 10.3. The quantitative estimate of drug-likeness (QED) is 0.149. The summed E-state index contributed by atoms with van der Waals surface area (Å²) in [5.74, 6) is 1.39. The van der Waals surface area contributed by atoms with E-state index in [1.165, 1.54) is 16.7 Å². The maximum Gasteiger partial charge on any atom is 0.147 e. The number of nitrogens with zero attached hydrogens (tertiary/aromatic N) is 1. The Morgan fingerprint density at radius 1 is 0.362 bits per heavy atom. The molecule has 0 bridgehead atoms. The van der Waals surface area contributed by atoms with Gasteiger partial charge in [0.2, 0.25) is 0 Å². The third-order valence-electron chi connectivity index (χ3n) is 14.1. The third kappa shape index (κ3) is 7.48. The lowest BCUT2D eigenvalue weighted by Gasteiger charge is -2.26. The van der Waals surface area contributed by atoms with Crippen LogP contribution in [0.5, 0.6) is 0 Å². The van der Waals surface area contributed by atoms with Gasteiger partial charge in [0.15, 0.2) is 0 Å². The first-order chi connectivity index (χ1) is 33.6. The first-order valence-electron chi connectivity index (χ1n) is 24.4. The van der Waals surface area contributed by atoms with Gasteiger partial charge in [-0.05, 0) is 152 Å². The monoisotopic (exact) mass is 894 g/mol. The molecule has 0 saturated heterocycles. The summed E-state index contributed by atoms with van der Waals surface area (Å²) < 4.78 is 14.4. The summed E-state index contributed by atoms with van der Waals surface area (Å²) in [5, 5.41) is 12.3. The van der Waals surface area contributed by atoms with Gasteiger partial charge in [0, 0.05) is 55.7 Å². The zero-order chi connectivity index (χ0) is 46.9. The normalized spacial score (nSPS) is 12.0. The van der Waals surface area contributed by atoms with Crippen LogP contribution in [-0.2, 0) is 0 Å². The molecule has 2 heterocycles. The summed E-state index contributed by atoms with van der Waals surface area (Å²) in [6, 6.07) is 70.6. The lowest BCUT2D eigenvalue weighted by molar-refractivity contribution is 0.664. The van der Waals surface area contributed by atoms with E-state index in [2.05, 4.69) is 246 Å². The van der Waals surface area contributed by atoms with Crippen LogP contribution in [-0.4, -0.2) is 0 Å². The number of hydrogen-bond acceptors (Lipinski definition) is 4. The van der Waals surface area contributed by atoms with E-state index in [0.717, 1.165) is 116 Å². The van der Waals surface area contributed by atoms with Crippen molar-refractivity contribution in [3.8, 4) is 22.3 Å². The summed E-state index contributed by atoms with van der Waals surface area (Å²) in [6.07, 6.45) is 0. The highest BCUT2D eigenvalue weighted by Gasteiger charge is 2.27. The Bertz CT molecular complexity index is 3810. The van der Waals surface area contributed by atoms with Gasteiger partial charge in [0.05, 0.1) is 5.39 Å². The molecule has 0 aliphatic rings. The van der Waals surface area contributed by atoms with Crippen LogP contribution in [0.15, 0.2) is 203 Å². The average Bonchev–Trinajstić information content (AvgIpc) is 3.93. The Kier molecular flexibility index (Phi) is 10.4. The van der Waals surface area contributed by atoms with Crippen LogP contribution >= 0.6 is 0 Å². The van der Waals surface area contributed by atoms with E-state index in [1.54, 1.807) is 0 Å². The number of hydrogen-bond donors (Lipinski definition) is 1. The first kappa shape index (κ1) is 42.3. The number of rotatable bonds is 10. The molecule has 0 unspecified atom stereocenters. The molecule has 10 aromatic carbocycles. The highest BCUT2D eigenvalue weighted by atomic mass is 16.3. The molecule has 0 fully saturated rings. The van der Waals surface area contributed by atoms with Crippen molar-refractivity contribution in [2.45, 2.75) is 59.3 Å². The minimum absolute atomic E-state index is 0.450. The van der Waals surface area contributed by atoms with Crippen LogP contribution in [0.2, 0.25) is 0 Å². The molecule has 0 aliphatic carbocycles. The van der Waals surface area contributed by atoms with Gasteiger partial charge in [-0.25, -0.2) is 0 Å². The number of anilines is 5. The molecule has 0 atom stereocenters. The minimum Gasteiger partial charge on any atom is -0.455 e. The van der Waals surface area contributed by atoms with Crippen LogP contribution in [0.25, 0.3) is 87.7 Å². The molecule has 4 nitrogen and oxygen atoms in total. The van der Waals surface area contributed by atoms with Crippen molar-refractivity contribution in [2.75, 3.05) is 10.2 Å². The molecular formula is C65H54N2O2. The Hall–Kier alpha value is -8.08. The highest BCUT2D eigenvalue weighted by Crippen LogP contribution is 2.52. The summed E-state index contributed by atoms with van der Waals surface area (Å²) >= 11 is 0. The van der Waals surface area contributed by atoms with Crippen LogP contribution in [0.1, 0.15) is 76.0 Å². The standard InChI is InChI=1S/C65H54N2O2/c1-39(2)42-17-25-51(26-18-42)66-52-27-19-47-36-57-59(37-49(47)33-52)68-64-61(46-15-11-8-12-16-46)60(45-13-9-7-10-14-45)62-56-35-48-24-32-55(34-50(48)38-58(56)69-65(62)63(57)64)67(53-28-20-43(21-29-53)40(3)4)54-30-22-44(23-31-54)41(5)6/h7-41,66H,1-6H3. The van der Waals surface area contributed by atoms with Crippen LogP contribution in [0.3, 0.4) is 0 Å². The molecule has 0 radical (unpaired) electrons. The van der Waals surface area contributed by atoms with Crippen LogP contribution in [0, 0.1) is 0 Å². The predicted molar refractivity (Wildman–Crippen MR) is 294 cm³/mol. The van der Waals surface area contributed by atoms with Crippen molar-refractivity contribution in [1.29, 1.82) is 0 Å². The van der Waals surface area contributed by atoms with Gasteiger partial charge in [-0.1, -0.05) is 151 Å². The number of fused-ring (bicyclic) bond motifs is 9. The van der Waals surface area contributed by atoms with Gasteiger partial charge >= 0.3 is 0 Å². The minimum atomic E-state index is 0.450. The molecule has 4 heteroatoms. The summed E-state index contributed by atoms with van der Waals surface area (Å²) in [4.78, 5) is 2.37. The summed E-state index contributed by atoms with van der Waals surface area (Å²) in [7, 11) is 0. The second-order valence-electron chi connectivity index (χ2n) is 19.6. The highest BCUT2D eigenvalue weighted by molar-refractivity contribution is 6.32. The zero-order valence-corrected chi connectivity index (χ0v) is 40.0. The lowest BCUT2D eigenvalue weighted by Crippen LogP contribution is -2.10. The molecule has 12 aromatic rings. The van der Waals surface area contributed by atoms with E-state index < -0.39 is 0 Å². The van der Waals surface area contributed by atoms with Crippen molar-refractivity contribution in [3.63, 3.8) is 0 Å². The zero-order valence-electron chi connectivity index (χ0n) is 40.0. The van der Waals surface area contributed by atoms with Gasteiger partial charge < -0.3 is 19.1 Å². The Morgan fingerprint density at radius 2 is 0.812 bits per heavy atom. The lowest BCUT2D eigenvalue weighted by atomic mass is 9.88. The molecule has 69 heavy (non-hydrogen) atoms. The van der Waals surface area contributed by atoms with Gasteiger partial charge in [-0.3, -0.25) is 0 Å². The van der Waals surface area contributed by atoms with Crippen molar-refractivity contribution >= 4 is 93.9 Å². The second-order valence-corrected chi connectivity index (χ2v) is 19.6. The molecular weight excluding hydrogens is 841 g/mol. The van der Waals surface area contributed by atoms with Crippen molar-refractivity contribution in [1.82, 2.24) is 0 Å². The largest absolute Gasteiger partial charge is 0.455 e. The summed E-state index contributed by atoms with van der Waals surface area (Å²) in [6.45, 7) is 13.4. The van der Waals surface area contributed by atoms with Gasteiger partial charge in [0.25, 0.3) is 0 Å². The molecule has 0 spiro atoms. The number of benzene rings is 10. The van der Waals surface area contributed by atoms with Gasteiger partial charge in [0.1, 0.15) is 22.3 Å². The average molecular weight is 895 g/mol. The first-order valence-corrected chi connectivity index (χ1v) is 24.4. The molecule has 0 amide bonds. The van der Waals surface area contributed by atoms with Crippen molar-refractivity contribution < 1.29 is 8.83 Å². The van der Waals surface area contributed by atoms with Crippen LogP contribution < -0.4 is 10.2 Å². The maximum atomic E-state index is 7.27. The van der Waals surface area contributed by atoms with Crippen molar-refractivity contribution in [2.24, 2.45) is 0 Å². The van der Waals surface area contributed by atoms with E-state index in [1.807, 2.05) is 0 Å². The Morgan fingerprint density at radius 3 is 1.36 bits per heavy atom. The smallest absolute Gasteiger partial charge is 0.147 e. The topological polar surface area (TPSA) is 41.6 Å². The SMILES string of the molecule is CC(C)c1ccc(Nc2ccc3cc4c(cc3c2)oc2c(-c3ccccc3)c(-c3ccccc3)c3c5cc6ccc(N(c7ccc(C(C)C)cc7)c7ccc(C(C)C)cc7)cc6cc5oc3c24)cc1. The second kappa shape index (κ2) is 16.9. The maximum absolute atomic E-state index is 7.27. The molecule has 0 aliphatic heterocycles. The fourth-order valence-electron chi connectivity index (χ4n) is 10.3. The third-order valence-corrected chi connectivity index (χ3v) is 14.1. The fraction of sp³-hybridized carbons (Fsp3) is 0.138. The predicted octanol–water partition coefficient (Wildman–Crippen LogP) is 19.7. The summed E-state index contributed by atoms with van der Waals surface area (Å²) in [5.41, 5.74) is 17.0. The van der Waals surface area contributed by atoms with E-state index in [4.69, 9.17) is 8.83 Å². The molecule has 0 saturated carbocycles. The van der Waals surface area contributed by atoms with E-state index in [9.17, 15) is 0 Å². The number of nitrogens with one attached hydrogen (secondary N) is 1. The molecule has 12 rings (SSSR count). The molecule has 336 valence electrons. The molecule has 1 N–H and O–H groups in total. The van der Waals surface area contributed by atoms with Crippen molar-refractivity contribution in [3.05, 3.63) is 211 Å². The van der Waals surface area contributed by atoms with E-state index in [-0.39, 0.29) is 0 Å². The Balaban J connectivity index is 1.08. The van der Waals surface area contributed by atoms with Gasteiger partial charge in [-0.2, -0.15) is 0 Å². The molecule has 2 aromatic heterocycles. The van der Waals surface area contributed by atoms with E-state index >= 15 is 0 Å². The van der Waals surface area contributed by atoms with E-state index in [0.29, 0.717) is 17.8 Å². The number of furan rings is 2.